The zero-order valence-corrected chi connectivity index (χ0v) is 10.4. The predicted molar refractivity (Wildman–Crippen MR) is 69.0 cm³/mol. The summed E-state index contributed by atoms with van der Waals surface area (Å²) in [5.74, 6) is 0.766. The van der Waals surface area contributed by atoms with E-state index in [4.69, 9.17) is 10.00 Å². The molecule has 0 unspecified atom stereocenters. The molecule has 0 aromatic heterocycles. The number of benzene rings is 1. The maximum atomic E-state index is 11.4. The number of nitrogens with one attached hydrogen (secondary N) is 1. The lowest BCUT2D eigenvalue weighted by atomic mass is 10.2. The molecule has 0 saturated carbocycles. The van der Waals surface area contributed by atoms with Gasteiger partial charge in [-0.3, -0.25) is 4.79 Å². The molecule has 1 rings (SSSR count). The van der Waals surface area contributed by atoms with Crippen LogP contribution in [-0.2, 0) is 4.79 Å². The van der Waals surface area contributed by atoms with Crippen LogP contribution in [0.1, 0.15) is 25.7 Å². The first-order valence-corrected chi connectivity index (χ1v) is 6.14. The second-order valence-corrected chi connectivity index (χ2v) is 3.88. The molecule has 1 aromatic carbocycles. The van der Waals surface area contributed by atoms with Crippen LogP contribution in [0.4, 0.5) is 0 Å². The van der Waals surface area contributed by atoms with Gasteiger partial charge in [0.05, 0.1) is 19.1 Å². The van der Waals surface area contributed by atoms with Crippen LogP contribution in [-0.4, -0.2) is 19.1 Å². The summed E-state index contributed by atoms with van der Waals surface area (Å²) in [4.78, 5) is 11.4. The van der Waals surface area contributed by atoms with Crippen molar-refractivity contribution in [2.24, 2.45) is 0 Å². The minimum atomic E-state index is -0.0112. The van der Waals surface area contributed by atoms with Gasteiger partial charge in [-0.2, -0.15) is 5.26 Å². The molecule has 1 amide bonds. The third-order valence-corrected chi connectivity index (χ3v) is 2.38. The highest BCUT2D eigenvalue weighted by molar-refractivity contribution is 5.75. The third-order valence-electron chi connectivity index (χ3n) is 2.38. The van der Waals surface area contributed by atoms with Gasteiger partial charge in [-0.1, -0.05) is 18.2 Å². The van der Waals surface area contributed by atoms with Gasteiger partial charge in [-0.15, -0.1) is 0 Å². The molecule has 0 saturated heterocycles. The molecule has 0 atom stereocenters. The molecule has 0 aliphatic rings. The van der Waals surface area contributed by atoms with Crippen LogP contribution in [0, 0.1) is 11.3 Å². The number of nitrogens with zero attached hydrogens (tertiary/aromatic N) is 1. The standard InChI is InChI=1S/C14H18N2O2/c15-10-5-2-6-11-16-14(17)9-12-18-13-7-3-1-4-8-13/h1,3-4,7-8H,2,5-6,9,11-12H2,(H,16,17). The molecule has 0 aliphatic carbocycles. The van der Waals surface area contributed by atoms with Gasteiger partial charge in [0.1, 0.15) is 5.75 Å². The van der Waals surface area contributed by atoms with Crippen LogP contribution >= 0.6 is 0 Å². The summed E-state index contributed by atoms with van der Waals surface area (Å²) in [6.07, 6.45) is 2.58. The molecule has 4 heteroatoms. The maximum absolute atomic E-state index is 11.4. The average Bonchev–Trinajstić information content (AvgIpc) is 2.40. The Hall–Kier alpha value is -2.02. The van der Waals surface area contributed by atoms with Crippen molar-refractivity contribution in [2.45, 2.75) is 25.7 Å². The molecule has 18 heavy (non-hydrogen) atoms. The lowest BCUT2D eigenvalue weighted by Crippen LogP contribution is -2.25. The van der Waals surface area contributed by atoms with E-state index in [2.05, 4.69) is 11.4 Å². The van der Waals surface area contributed by atoms with Gasteiger partial charge in [0.25, 0.3) is 0 Å². The number of hydrogen-bond donors (Lipinski definition) is 1. The van der Waals surface area contributed by atoms with Crippen molar-refractivity contribution in [1.82, 2.24) is 5.32 Å². The molecule has 0 bridgehead atoms. The van der Waals surface area contributed by atoms with E-state index in [9.17, 15) is 4.79 Å². The molecule has 0 aliphatic heterocycles. The van der Waals surface area contributed by atoms with Crippen LogP contribution in [0.15, 0.2) is 30.3 Å². The van der Waals surface area contributed by atoms with Crippen molar-refractivity contribution < 1.29 is 9.53 Å². The highest BCUT2D eigenvalue weighted by Gasteiger charge is 2.00. The first-order valence-electron chi connectivity index (χ1n) is 6.14. The molecule has 4 nitrogen and oxygen atoms in total. The Morgan fingerprint density at radius 3 is 2.78 bits per heavy atom. The smallest absolute Gasteiger partial charge is 0.223 e. The monoisotopic (exact) mass is 246 g/mol. The molecular formula is C14H18N2O2. The molecule has 96 valence electrons. The van der Waals surface area contributed by atoms with Gasteiger partial charge in [0, 0.05) is 13.0 Å². The van der Waals surface area contributed by atoms with Crippen molar-refractivity contribution in [2.75, 3.05) is 13.2 Å². The Morgan fingerprint density at radius 2 is 2.06 bits per heavy atom. The number of nitriles is 1. The van der Waals surface area contributed by atoms with E-state index in [-0.39, 0.29) is 5.91 Å². The van der Waals surface area contributed by atoms with E-state index in [1.165, 1.54) is 0 Å². The summed E-state index contributed by atoms with van der Waals surface area (Å²) in [6.45, 7) is 1.01. The Balaban J connectivity index is 2.02. The number of unbranched alkanes of at least 4 members (excludes halogenated alkanes) is 2. The fraction of sp³-hybridized carbons (Fsp3) is 0.429. The number of carbonyl (C=O) groups is 1. The second kappa shape index (κ2) is 9.06. The minimum absolute atomic E-state index is 0.0112. The first-order chi connectivity index (χ1) is 8.83. The number of amides is 1. The molecule has 0 spiro atoms. The molecule has 1 aromatic rings. The highest BCUT2D eigenvalue weighted by Crippen LogP contribution is 2.08. The van der Waals surface area contributed by atoms with E-state index < -0.39 is 0 Å². The fourth-order valence-corrected chi connectivity index (χ4v) is 1.42. The van der Waals surface area contributed by atoms with Crippen molar-refractivity contribution in [3.63, 3.8) is 0 Å². The van der Waals surface area contributed by atoms with Crippen LogP contribution in [0.2, 0.25) is 0 Å². The van der Waals surface area contributed by atoms with E-state index >= 15 is 0 Å². The van der Waals surface area contributed by atoms with Crippen molar-refractivity contribution in [3.05, 3.63) is 30.3 Å². The van der Waals surface area contributed by atoms with Crippen molar-refractivity contribution >= 4 is 5.91 Å². The molecule has 0 heterocycles. The van der Waals surface area contributed by atoms with Gasteiger partial charge in [0.15, 0.2) is 0 Å². The maximum Gasteiger partial charge on any atom is 0.223 e. The van der Waals surface area contributed by atoms with E-state index in [0.29, 0.717) is 26.0 Å². The molecule has 0 radical (unpaired) electrons. The first kappa shape index (κ1) is 14.0. The van der Waals surface area contributed by atoms with Gasteiger partial charge in [0.2, 0.25) is 5.91 Å². The van der Waals surface area contributed by atoms with Crippen LogP contribution in [0.25, 0.3) is 0 Å². The molecule has 0 fully saturated rings. The summed E-state index contributed by atoms with van der Waals surface area (Å²) >= 11 is 0. The number of rotatable bonds is 8. The zero-order valence-electron chi connectivity index (χ0n) is 10.4. The Labute approximate surface area is 108 Å². The molecule has 1 N–H and O–H groups in total. The SMILES string of the molecule is N#CCCCCNC(=O)CCOc1ccccc1. The topological polar surface area (TPSA) is 62.1 Å². The summed E-state index contributed by atoms with van der Waals surface area (Å²) in [5.41, 5.74) is 0. The summed E-state index contributed by atoms with van der Waals surface area (Å²) in [6, 6.07) is 11.5. The number of para-hydroxylation sites is 1. The van der Waals surface area contributed by atoms with Crippen molar-refractivity contribution in [3.8, 4) is 11.8 Å². The molecular weight excluding hydrogens is 228 g/mol. The van der Waals surface area contributed by atoms with Crippen molar-refractivity contribution in [1.29, 1.82) is 5.26 Å². The van der Waals surface area contributed by atoms with E-state index in [1.807, 2.05) is 30.3 Å². The van der Waals surface area contributed by atoms with Gasteiger partial charge < -0.3 is 10.1 Å². The van der Waals surface area contributed by atoms with E-state index in [1.54, 1.807) is 0 Å². The normalized spacial score (nSPS) is 9.50. The fourth-order valence-electron chi connectivity index (χ4n) is 1.42. The number of hydrogen-bond acceptors (Lipinski definition) is 3. The predicted octanol–water partition coefficient (Wildman–Crippen LogP) is 2.27. The van der Waals surface area contributed by atoms with E-state index in [0.717, 1.165) is 18.6 Å². The van der Waals surface area contributed by atoms with Gasteiger partial charge in [-0.05, 0) is 25.0 Å². The summed E-state index contributed by atoms with van der Waals surface area (Å²) in [7, 11) is 0. The number of carbonyl (C=O) groups excluding carboxylic acids is 1. The lowest BCUT2D eigenvalue weighted by Gasteiger charge is -2.06. The van der Waals surface area contributed by atoms with Crippen LogP contribution < -0.4 is 10.1 Å². The van der Waals surface area contributed by atoms with Gasteiger partial charge >= 0.3 is 0 Å². The van der Waals surface area contributed by atoms with Gasteiger partial charge in [-0.25, -0.2) is 0 Å². The Kier molecular flexibility index (Phi) is 7.07. The third kappa shape index (κ3) is 6.54. The zero-order chi connectivity index (χ0) is 13.1. The minimum Gasteiger partial charge on any atom is -0.493 e. The van der Waals surface area contributed by atoms with Crippen LogP contribution in [0.3, 0.4) is 0 Å². The Bertz CT molecular complexity index is 385. The van der Waals surface area contributed by atoms with Crippen LogP contribution in [0.5, 0.6) is 5.75 Å². The summed E-state index contributed by atoms with van der Waals surface area (Å²) in [5, 5.41) is 11.1. The number of ether oxygens (including phenoxy) is 1. The lowest BCUT2D eigenvalue weighted by molar-refractivity contribution is -0.121. The Morgan fingerprint density at radius 1 is 1.28 bits per heavy atom. The largest absolute Gasteiger partial charge is 0.493 e. The highest BCUT2D eigenvalue weighted by atomic mass is 16.5. The second-order valence-electron chi connectivity index (χ2n) is 3.88. The summed E-state index contributed by atoms with van der Waals surface area (Å²) < 4.78 is 5.42. The average molecular weight is 246 g/mol. The quantitative estimate of drug-likeness (QED) is 0.716.